The number of halogens is 1. The molecule has 1 amide bonds. The number of aromatic nitrogens is 1. The predicted octanol–water partition coefficient (Wildman–Crippen LogP) is 4.83. The van der Waals surface area contributed by atoms with Gasteiger partial charge in [0.25, 0.3) is 5.91 Å². The van der Waals surface area contributed by atoms with Gasteiger partial charge in [-0.1, -0.05) is 34.1 Å². The number of benzene rings is 2. The molecule has 0 aliphatic heterocycles. The highest BCUT2D eigenvalue weighted by atomic mass is 79.9. The summed E-state index contributed by atoms with van der Waals surface area (Å²) in [4.78, 5) is 16.7. The number of ether oxygens (including phenoxy) is 1. The molecule has 0 fully saturated rings. The van der Waals surface area contributed by atoms with Crippen LogP contribution in [0.5, 0.6) is 5.75 Å². The van der Waals surface area contributed by atoms with E-state index in [9.17, 15) is 4.79 Å². The molecule has 1 N–H and O–H groups in total. The molecule has 0 saturated heterocycles. The third kappa shape index (κ3) is 3.78. The zero-order chi connectivity index (χ0) is 16.2. The van der Waals surface area contributed by atoms with Crippen molar-refractivity contribution in [1.82, 2.24) is 4.98 Å². The molecule has 0 saturated carbocycles. The van der Waals surface area contributed by atoms with Crippen LogP contribution in [0.1, 0.15) is 10.4 Å². The van der Waals surface area contributed by atoms with Crippen LogP contribution in [0.2, 0.25) is 0 Å². The first-order valence-corrected chi connectivity index (χ1v) is 8.50. The van der Waals surface area contributed by atoms with Crippen molar-refractivity contribution < 1.29 is 9.53 Å². The number of methoxy groups -OCH3 is 1. The normalized spacial score (nSPS) is 10.3. The quantitative estimate of drug-likeness (QED) is 0.695. The van der Waals surface area contributed by atoms with Gasteiger partial charge in [0.1, 0.15) is 5.75 Å². The summed E-state index contributed by atoms with van der Waals surface area (Å²) in [5.74, 6) is 0.436. The molecule has 3 rings (SSSR count). The molecule has 0 bridgehead atoms. The maximum atomic E-state index is 12.3. The van der Waals surface area contributed by atoms with Gasteiger partial charge >= 0.3 is 0 Å². The lowest BCUT2D eigenvalue weighted by molar-refractivity contribution is 0.102. The highest BCUT2D eigenvalue weighted by Gasteiger charge is 2.11. The SMILES string of the molecule is COc1cccc(C(=O)Nc2nc(-c3cccc(Br)c3)cs2)c1. The van der Waals surface area contributed by atoms with Gasteiger partial charge in [-0.25, -0.2) is 4.98 Å². The highest BCUT2D eigenvalue weighted by Crippen LogP contribution is 2.27. The molecule has 3 aromatic rings. The molecule has 4 nitrogen and oxygen atoms in total. The largest absolute Gasteiger partial charge is 0.497 e. The van der Waals surface area contributed by atoms with E-state index in [4.69, 9.17) is 4.74 Å². The molecular weight excluding hydrogens is 376 g/mol. The number of carbonyl (C=O) groups is 1. The Hall–Kier alpha value is -2.18. The van der Waals surface area contributed by atoms with Crippen molar-refractivity contribution in [2.24, 2.45) is 0 Å². The van der Waals surface area contributed by atoms with Crippen molar-refractivity contribution in [3.63, 3.8) is 0 Å². The average Bonchev–Trinajstić information content (AvgIpc) is 3.03. The Morgan fingerprint density at radius 1 is 1.22 bits per heavy atom. The van der Waals surface area contributed by atoms with Crippen LogP contribution >= 0.6 is 27.3 Å². The van der Waals surface area contributed by atoms with Crippen molar-refractivity contribution in [1.29, 1.82) is 0 Å². The summed E-state index contributed by atoms with van der Waals surface area (Å²) in [6.45, 7) is 0. The number of nitrogens with zero attached hydrogens (tertiary/aromatic N) is 1. The molecule has 0 unspecified atom stereocenters. The molecule has 0 aliphatic carbocycles. The van der Waals surface area contributed by atoms with E-state index in [1.165, 1.54) is 11.3 Å². The molecule has 23 heavy (non-hydrogen) atoms. The van der Waals surface area contributed by atoms with Crippen molar-refractivity contribution in [2.45, 2.75) is 0 Å². The van der Waals surface area contributed by atoms with Crippen molar-refractivity contribution in [3.8, 4) is 17.0 Å². The van der Waals surface area contributed by atoms with Gasteiger partial charge in [-0.2, -0.15) is 0 Å². The fourth-order valence-electron chi connectivity index (χ4n) is 2.05. The molecule has 1 heterocycles. The number of thiazole rings is 1. The number of carbonyl (C=O) groups excluding carboxylic acids is 1. The Labute approximate surface area is 146 Å². The summed E-state index contributed by atoms with van der Waals surface area (Å²) >= 11 is 4.84. The predicted molar refractivity (Wildman–Crippen MR) is 96.2 cm³/mol. The number of anilines is 1. The summed E-state index contributed by atoms with van der Waals surface area (Å²) in [7, 11) is 1.57. The lowest BCUT2D eigenvalue weighted by Crippen LogP contribution is -2.11. The second kappa shape index (κ2) is 6.93. The van der Waals surface area contributed by atoms with Crippen LogP contribution in [0.3, 0.4) is 0 Å². The second-order valence-corrected chi connectivity index (χ2v) is 6.51. The summed E-state index contributed by atoms with van der Waals surface area (Å²) in [6.07, 6.45) is 0. The fraction of sp³-hybridized carbons (Fsp3) is 0.0588. The summed E-state index contributed by atoms with van der Waals surface area (Å²) in [6, 6.07) is 14.9. The number of hydrogen-bond acceptors (Lipinski definition) is 4. The van der Waals surface area contributed by atoms with Crippen LogP contribution in [0, 0.1) is 0 Å². The van der Waals surface area contributed by atoms with Gasteiger partial charge < -0.3 is 4.74 Å². The van der Waals surface area contributed by atoms with Crippen molar-refractivity contribution in [2.75, 3.05) is 12.4 Å². The zero-order valence-corrected chi connectivity index (χ0v) is 14.6. The number of amides is 1. The molecule has 2 aromatic carbocycles. The number of nitrogens with one attached hydrogen (secondary N) is 1. The molecule has 6 heteroatoms. The van der Waals surface area contributed by atoms with Crippen LogP contribution in [0.4, 0.5) is 5.13 Å². The van der Waals surface area contributed by atoms with Crippen LogP contribution in [-0.2, 0) is 0 Å². The summed E-state index contributed by atoms with van der Waals surface area (Å²) < 4.78 is 6.12. The van der Waals surface area contributed by atoms with E-state index < -0.39 is 0 Å². The molecule has 0 spiro atoms. The molecule has 1 aromatic heterocycles. The van der Waals surface area contributed by atoms with Crippen LogP contribution in [-0.4, -0.2) is 18.0 Å². The minimum Gasteiger partial charge on any atom is -0.497 e. The third-order valence-electron chi connectivity index (χ3n) is 3.18. The van der Waals surface area contributed by atoms with E-state index >= 15 is 0 Å². The minimum atomic E-state index is -0.209. The average molecular weight is 389 g/mol. The fourth-order valence-corrected chi connectivity index (χ4v) is 3.16. The van der Waals surface area contributed by atoms with E-state index in [1.807, 2.05) is 29.6 Å². The monoisotopic (exact) mass is 388 g/mol. The van der Waals surface area contributed by atoms with Crippen molar-refractivity contribution >= 4 is 38.3 Å². The summed E-state index contributed by atoms with van der Waals surface area (Å²) in [5, 5.41) is 5.30. The van der Waals surface area contributed by atoms with E-state index in [0.29, 0.717) is 16.4 Å². The maximum absolute atomic E-state index is 12.3. The second-order valence-electron chi connectivity index (χ2n) is 4.73. The Morgan fingerprint density at radius 3 is 2.83 bits per heavy atom. The van der Waals surface area contributed by atoms with E-state index in [-0.39, 0.29) is 5.91 Å². The topological polar surface area (TPSA) is 51.2 Å². The first-order valence-electron chi connectivity index (χ1n) is 6.82. The molecule has 116 valence electrons. The molecular formula is C17H13BrN2O2S. The van der Waals surface area contributed by atoms with Crippen LogP contribution < -0.4 is 10.1 Å². The van der Waals surface area contributed by atoms with Crippen LogP contribution in [0.15, 0.2) is 58.4 Å². The molecule has 0 atom stereocenters. The lowest BCUT2D eigenvalue weighted by atomic mass is 10.2. The van der Waals surface area contributed by atoms with Gasteiger partial charge in [0.2, 0.25) is 0 Å². The maximum Gasteiger partial charge on any atom is 0.257 e. The minimum absolute atomic E-state index is 0.209. The first-order chi connectivity index (χ1) is 11.2. The standard InChI is InChI=1S/C17H13BrN2O2S/c1-22-14-7-3-5-12(9-14)16(21)20-17-19-15(10-23-17)11-4-2-6-13(18)8-11/h2-10H,1H3,(H,19,20,21). The Morgan fingerprint density at radius 2 is 2.04 bits per heavy atom. The molecule has 0 radical (unpaired) electrons. The van der Waals surface area contributed by atoms with Gasteiger partial charge in [0.15, 0.2) is 5.13 Å². The molecule has 0 aliphatic rings. The third-order valence-corrected chi connectivity index (χ3v) is 4.43. The van der Waals surface area contributed by atoms with E-state index in [2.05, 4.69) is 26.2 Å². The summed E-state index contributed by atoms with van der Waals surface area (Å²) in [5.41, 5.74) is 2.36. The van der Waals surface area contributed by atoms with Crippen LogP contribution in [0.25, 0.3) is 11.3 Å². The van der Waals surface area contributed by atoms with Gasteiger partial charge in [-0.3, -0.25) is 10.1 Å². The number of rotatable bonds is 4. The van der Waals surface area contributed by atoms with E-state index in [0.717, 1.165) is 15.7 Å². The Balaban J connectivity index is 1.77. The van der Waals surface area contributed by atoms with E-state index in [1.54, 1.807) is 31.4 Å². The Bertz CT molecular complexity index is 848. The van der Waals surface area contributed by atoms with Gasteiger partial charge in [-0.15, -0.1) is 11.3 Å². The smallest absolute Gasteiger partial charge is 0.257 e. The van der Waals surface area contributed by atoms with Gasteiger partial charge in [0, 0.05) is 21.0 Å². The Kier molecular flexibility index (Phi) is 4.73. The number of hydrogen-bond donors (Lipinski definition) is 1. The van der Waals surface area contributed by atoms with Gasteiger partial charge in [-0.05, 0) is 30.3 Å². The lowest BCUT2D eigenvalue weighted by Gasteiger charge is -2.04. The van der Waals surface area contributed by atoms with Crippen molar-refractivity contribution in [3.05, 3.63) is 63.9 Å². The highest BCUT2D eigenvalue weighted by molar-refractivity contribution is 9.10. The van der Waals surface area contributed by atoms with Gasteiger partial charge in [0.05, 0.1) is 12.8 Å². The first kappa shape index (κ1) is 15.7. The zero-order valence-electron chi connectivity index (χ0n) is 12.2.